The summed E-state index contributed by atoms with van der Waals surface area (Å²) in [5.41, 5.74) is 3.45. The number of hydrogen-bond acceptors (Lipinski definition) is 4. The van der Waals surface area contributed by atoms with E-state index in [0.717, 1.165) is 14.9 Å². The fourth-order valence-electron chi connectivity index (χ4n) is 2.38. The molecule has 0 aliphatic carbocycles. The minimum Gasteiger partial charge on any atom is -0.272 e. The number of fused-ring (bicyclic) bond motifs is 1. The fourth-order valence-corrected chi connectivity index (χ4v) is 3.00. The van der Waals surface area contributed by atoms with Crippen LogP contribution in [0.15, 0.2) is 28.7 Å². The van der Waals surface area contributed by atoms with Gasteiger partial charge in [0.1, 0.15) is 5.82 Å². The van der Waals surface area contributed by atoms with E-state index in [0.29, 0.717) is 16.4 Å². The molecule has 1 fully saturated rings. The van der Waals surface area contributed by atoms with Gasteiger partial charge in [-0.25, -0.2) is 4.98 Å². The summed E-state index contributed by atoms with van der Waals surface area (Å²) < 4.78 is 0.872. The number of carbonyl (C=O) groups is 2. The number of halogens is 2. The Morgan fingerprint density at radius 2 is 1.82 bits per heavy atom. The maximum Gasteiger partial charge on any atom is 0.251 e. The van der Waals surface area contributed by atoms with Gasteiger partial charge in [0.25, 0.3) is 11.8 Å². The van der Waals surface area contributed by atoms with E-state index < -0.39 is 0 Å². The van der Waals surface area contributed by atoms with Gasteiger partial charge in [-0.15, -0.1) is 0 Å². The number of benzene rings is 1. The van der Waals surface area contributed by atoms with Crippen LogP contribution in [0.3, 0.4) is 0 Å². The molecule has 1 aliphatic heterocycles. The van der Waals surface area contributed by atoms with E-state index in [1.807, 2.05) is 18.2 Å². The Morgan fingerprint density at radius 1 is 1.18 bits per heavy atom. The number of anilines is 1. The van der Waals surface area contributed by atoms with Crippen molar-refractivity contribution in [2.45, 2.75) is 13.8 Å². The monoisotopic (exact) mass is 381 g/mol. The van der Waals surface area contributed by atoms with Crippen molar-refractivity contribution in [3.8, 4) is 0 Å². The zero-order chi connectivity index (χ0) is 16.0. The van der Waals surface area contributed by atoms with Crippen LogP contribution in [-0.2, 0) is 9.59 Å². The number of rotatable bonds is 2. The summed E-state index contributed by atoms with van der Waals surface area (Å²) >= 11 is 9.63. The molecule has 2 unspecified atom stereocenters. The second-order valence-corrected chi connectivity index (χ2v) is 6.67. The maximum atomic E-state index is 12.1. The SMILES string of the molecule is CC1C(=O)N(Nc2cc(Cl)c3ccc(Br)cc3n2)C(=O)C1C. The summed E-state index contributed by atoms with van der Waals surface area (Å²) in [5.74, 6) is -0.844. The Hall–Kier alpha value is -1.66. The average molecular weight is 383 g/mol. The van der Waals surface area contributed by atoms with E-state index in [-0.39, 0.29) is 23.7 Å². The number of nitrogens with one attached hydrogen (secondary N) is 1. The van der Waals surface area contributed by atoms with Gasteiger partial charge in [-0.3, -0.25) is 15.0 Å². The first-order valence-corrected chi connectivity index (χ1v) is 7.96. The van der Waals surface area contributed by atoms with Crippen molar-refractivity contribution in [3.05, 3.63) is 33.8 Å². The summed E-state index contributed by atoms with van der Waals surface area (Å²) in [6.45, 7) is 3.48. The Balaban J connectivity index is 1.98. The molecule has 1 aromatic carbocycles. The lowest BCUT2D eigenvalue weighted by Gasteiger charge is -2.17. The van der Waals surface area contributed by atoms with Crippen LogP contribution < -0.4 is 5.43 Å². The number of aromatic nitrogens is 1. The zero-order valence-corrected chi connectivity index (χ0v) is 14.3. The highest BCUT2D eigenvalue weighted by molar-refractivity contribution is 9.10. The first kappa shape index (κ1) is 15.2. The lowest BCUT2D eigenvalue weighted by molar-refractivity contribution is -0.138. The predicted octanol–water partition coefficient (Wildman–Crippen LogP) is 3.62. The van der Waals surface area contributed by atoms with Crippen LogP contribution in [0.5, 0.6) is 0 Å². The molecule has 1 aliphatic rings. The van der Waals surface area contributed by atoms with Crippen LogP contribution in [0.25, 0.3) is 10.9 Å². The van der Waals surface area contributed by atoms with Gasteiger partial charge in [-0.1, -0.05) is 47.4 Å². The molecule has 0 radical (unpaired) electrons. The molecule has 1 saturated heterocycles. The van der Waals surface area contributed by atoms with Crippen molar-refractivity contribution < 1.29 is 9.59 Å². The van der Waals surface area contributed by atoms with Crippen LogP contribution >= 0.6 is 27.5 Å². The molecule has 2 heterocycles. The van der Waals surface area contributed by atoms with E-state index in [1.165, 1.54) is 0 Å². The molecule has 5 nitrogen and oxygen atoms in total. The van der Waals surface area contributed by atoms with Crippen molar-refractivity contribution in [2.75, 3.05) is 5.43 Å². The third-order valence-electron chi connectivity index (χ3n) is 3.92. The molecular weight excluding hydrogens is 370 g/mol. The van der Waals surface area contributed by atoms with E-state index >= 15 is 0 Å². The number of imide groups is 1. The molecule has 1 aromatic heterocycles. The van der Waals surface area contributed by atoms with Gasteiger partial charge in [0, 0.05) is 27.8 Å². The Bertz CT molecular complexity index is 776. The molecule has 2 atom stereocenters. The van der Waals surface area contributed by atoms with Crippen molar-refractivity contribution in [3.63, 3.8) is 0 Å². The molecule has 0 saturated carbocycles. The number of hydrogen-bond donors (Lipinski definition) is 1. The minimum absolute atomic E-state index is 0.259. The molecule has 0 bridgehead atoms. The lowest BCUT2D eigenvalue weighted by Crippen LogP contribution is -2.36. The van der Waals surface area contributed by atoms with Gasteiger partial charge in [0.2, 0.25) is 0 Å². The number of amides is 2. The summed E-state index contributed by atoms with van der Waals surface area (Å²) in [7, 11) is 0. The number of carbonyl (C=O) groups excluding carboxylic acids is 2. The van der Waals surface area contributed by atoms with Crippen molar-refractivity contribution >= 4 is 56.1 Å². The predicted molar refractivity (Wildman–Crippen MR) is 88.3 cm³/mol. The third kappa shape index (κ3) is 2.46. The van der Waals surface area contributed by atoms with E-state index in [4.69, 9.17) is 11.6 Å². The van der Waals surface area contributed by atoms with Crippen molar-refractivity contribution in [2.24, 2.45) is 11.8 Å². The van der Waals surface area contributed by atoms with Gasteiger partial charge in [-0.05, 0) is 12.1 Å². The van der Waals surface area contributed by atoms with Gasteiger partial charge < -0.3 is 0 Å². The second kappa shape index (κ2) is 5.52. The third-order valence-corrected chi connectivity index (χ3v) is 4.72. The topological polar surface area (TPSA) is 62.3 Å². The fraction of sp³-hybridized carbons (Fsp3) is 0.267. The standard InChI is InChI=1S/C15H13BrClN3O2/c1-7-8(2)15(22)20(14(7)21)19-13-6-11(17)10-4-3-9(16)5-12(10)18-13/h3-8H,1-2H3,(H,18,19). The molecule has 7 heteroatoms. The smallest absolute Gasteiger partial charge is 0.251 e. The first-order chi connectivity index (χ1) is 10.4. The highest BCUT2D eigenvalue weighted by Crippen LogP contribution is 2.30. The van der Waals surface area contributed by atoms with E-state index in [2.05, 4.69) is 26.3 Å². The van der Waals surface area contributed by atoms with Crippen LogP contribution in [0.2, 0.25) is 5.02 Å². The van der Waals surface area contributed by atoms with E-state index in [9.17, 15) is 9.59 Å². The van der Waals surface area contributed by atoms with Gasteiger partial charge >= 0.3 is 0 Å². The summed E-state index contributed by atoms with van der Waals surface area (Å²) in [6.07, 6.45) is 0. The van der Waals surface area contributed by atoms with E-state index in [1.54, 1.807) is 19.9 Å². The largest absolute Gasteiger partial charge is 0.272 e. The van der Waals surface area contributed by atoms with Crippen LogP contribution in [0, 0.1) is 11.8 Å². The Morgan fingerprint density at radius 3 is 2.45 bits per heavy atom. The number of nitrogens with zero attached hydrogens (tertiary/aromatic N) is 2. The van der Waals surface area contributed by atoms with Crippen LogP contribution in [0.4, 0.5) is 5.82 Å². The van der Waals surface area contributed by atoms with Crippen molar-refractivity contribution in [1.82, 2.24) is 9.99 Å². The molecule has 2 amide bonds. The molecule has 114 valence electrons. The lowest BCUT2D eigenvalue weighted by atomic mass is 10.00. The molecule has 22 heavy (non-hydrogen) atoms. The van der Waals surface area contributed by atoms with Gasteiger partial charge in [0.15, 0.2) is 0 Å². The number of hydrazine groups is 1. The number of pyridine rings is 1. The highest BCUT2D eigenvalue weighted by atomic mass is 79.9. The Kier molecular flexibility index (Phi) is 3.82. The second-order valence-electron chi connectivity index (χ2n) is 5.35. The first-order valence-electron chi connectivity index (χ1n) is 6.79. The Labute approximate surface area is 140 Å². The molecular formula is C15H13BrClN3O2. The molecule has 1 N–H and O–H groups in total. The summed E-state index contributed by atoms with van der Waals surface area (Å²) in [6, 6.07) is 7.16. The molecule has 3 rings (SSSR count). The summed E-state index contributed by atoms with van der Waals surface area (Å²) in [5, 5.41) is 2.33. The van der Waals surface area contributed by atoms with Crippen LogP contribution in [-0.4, -0.2) is 21.8 Å². The minimum atomic E-state index is -0.343. The highest BCUT2D eigenvalue weighted by Gasteiger charge is 2.42. The normalized spacial score (nSPS) is 21.7. The average Bonchev–Trinajstić information content (AvgIpc) is 2.65. The maximum absolute atomic E-state index is 12.1. The quantitative estimate of drug-likeness (QED) is 0.806. The van der Waals surface area contributed by atoms with Crippen LogP contribution in [0.1, 0.15) is 13.8 Å². The van der Waals surface area contributed by atoms with Gasteiger partial charge in [0.05, 0.1) is 10.5 Å². The zero-order valence-electron chi connectivity index (χ0n) is 11.9. The summed E-state index contributed by atoms with van der Waals surface area (Å²) in [4.78, 5) is 28.6. The van der Waals surface area contributed by atoms with Crippen molar-refractivity contribution in [1.29, 1.82) is 0 Å². The molecule has 2 aromatic rings. The molecule has 0 spiro atoms. The van der Waals surface area contributed by atoms with Gasteiger partial charge in [-0.2, -0.15) is 5.01 Å².